The third kappa shape index (κ3) is 11.6. The number of aliphatic carboxylic acids is 1. The van der Waals surface area contributed by atoms with E-state index in [2.05, 4.69) is 6.92 Å². The van der Waals surface area contributed by atoms with E-state index < -0.39 is 5.97 Å². The number of ether oxygens (including phenoxy) is 2. The summed E-state index contributed by atoms with van der Waals surface area (Å²) in [4.78, 5) is 10.8. The number of unbranched alkanes of at least 4 members (excludes halogenated alkanes) is 11. The molecule has 0 radical (unpaired) electrons. The van der Waals surface area contributed by atoms with Crippen LogP contribution in [-0.2, 0) is 11.2 Å². The number of hydrogen-bond donors (Lipinski definition) is 1. The average Bonchev–Trinajstić information content (AvgIpc) is 2.65. The van der Waals surface area contributed by atoms with E-state index in [-0.39, 0.29) is 6.42 Å². The van der Waals surface area contributed by atoms with Crippen LogP contribution < -0.4 is 9.47 Å². The van der Waals surface area contributed by atoms with Gasteiger partial charge in [-0.05, 0) is 24.1 Å². The number of carbonyl (C=O) groups is 1. The monoisotopic (exact) mass is 378 g/mol. The summed E-state index contributed by atoms with van der Waals surface area (Å²) in [6, 6.07) is 5.33. The third-order valence-corrected chi connectivity index (χ3v) is 4.84. The number of carboxylic acid groups (broad SMARTS) is 1. The van der Waals surface area contributed by atoms with E-state index in [1.165, 1.54) is 70.6 Å². The van der Waals surface area contributed by atoms with Gasteiger partial charge in [0, 0.05) is 0 Å². The van der Waals surface area contributed by atoms with Crippen molar-refractivity contribution in [3.8, 4) is 11.5 Å². The molecule has 0 amide bonds. The van der Waals surface area contributed by atoms with Gasteiger partial charge in [0.2, 0.25) is 0 Å². The van der Waals surface area contributed by atoms with Crippen LogP contribution in [0.3, 0.4) is 0 Å². The normalized spacial score (nSPS) is 10.7. The van der Waals surface area contributed by atoms with Crippen molar-refractivity contribution in [2.75, 3.05) is 13.7 Å². The number of rotatable bonds is 17. The largest absolute Gasteiger partial charge is 0.493 e. The first-order chi connectivity index (χ1) is 13.2. The van der Waals surface area contributed by atoms with Crippen LogP contribution in [-0.4, -0.2) is 24.8 Å². The van der Waals surface area contributed by atoms with Crippen molar-refractivity contribution in [3.63, 3.8) is 0 Å². The molecule has 0 saturated carbocycles. The Balaban J connectivity index is 2.05. The topological polar surface area (TPSA) is 55.8 Å². The third-order valence-electron chi connectivity index (χ3n) is 4.84. The first-order valence-electron chi connectivity index (χ1n) is 10.7. The molecule has 0 aliphatic carbocycles. The minimum absolute atomic E-state index is 0.00458. The Bertz CT molecular complexity index is 513. The fourth-order valence-corrected chi connectivity index (χ4v) is 3.24. The van der Waals surface area contributed by atoms with Gasteiger partial charge in [-0.3, -0.25) is 4.79 Å². The van der Waals surface area contributed by atoms with E-state index in [9.17, 15) is 4.79 Å². The van der Waals surface area contributed by atoms with Crippen molar-refractivity contribution < 1.29 is 19.4 Å². The van der Waals surface area contributed by atoms with Gasteiger partial charge in [-0.15, -0.1) is 0 Å². The fourth-order valence-electron chi connectivity index (χ4n) is 3.24. The van der Waals surface area contributed by atoms with Crippen LogP contribution in [0.25, 0.3) is 0 Å². The first kappa shape index (κ1) is 23.3. The summed E-state index contributed by atoms with van der Waals surface area (Å²) in [6.07, 6.45) is 15.9. The van der Waals surface area contributed by atoms with E-state index >= 15 is 0 Å². The fraction of sp³-hybridized carbons (Fsp3) is 0.696. The highest BCUT2D eigenvalue weighted by atomic mass is 16.5. The van der Waals surface area contributed by atoms with Crippen LogP contribution in [0.1, 0.15) is 89.5 Å². The highest BCUT2D eigenvalue weighted by Crippen LogP contribution is 2.28. The summed E-state index contributed by atoms with van der Waals surface area (Å²) in [5.41, 5.74) is 0.720. The molecule has 1 N–H and O–H groups in total. The van der Waals surface area contributed by atoms with Crippen LogP contribution in [0.5, 0.6) is 11.5 Å². The van der Waals surface area contributed by atoms with Crippen LogP contribution in [0.4, 0.5) is 0 Å². The van der Waals surface area contributed by atoms with Crippen molar-refractivity contribution in [3.05, 3.63) is 23.8 Å². The van der Waals surface area contributed by atoms with Gasteiger partial charge in [-0.2, -0.15) is 0 Å². The lowest BCUT2D eigenvalue weighted by molar-refractivity contribution is -0.136. The minimum atomic E-state index is -0.845. The molecule has 1 aromatic carbocycles. The number of hydrogen-bond acceptors (Lipinski definition) is 3. The molecule has 0 spiro atoms. The van der Waals surface area contributed by atoms with Crippen molar-refractivity contribution in [1.82, 2.24) is 0 Å². The number of methoxy groups -OCH3 is 1. The Morgan fingerprint density at radius 2 is 1.41 bits per heavy atom. The van der Waals surface area contributed by atoms with E-state index in [1.807, 2.05) is 0 Å². The Kier molecular flexibility index (Phi) is 13.3. The van der Waals surface area contributed by atoms with Gasteiger partial charge in [-0.1, -0.05) is 83.6 Å². The van der Waals surface area contributed by atoms with Crippen LogP contribution in [0, 0.1) is 0 Å². The number of carboxylic acids is 1. The molecule has 0 aliphatic rings. The van der Waals surface area contributed by atoms with Crippen molar-refractivity contribution in [2.45, 2.75) is 90.4 Å². The quantitative estimate of drug-likeness (QED) is 0.319. The summed E-state index contributed by atoms with van der Waals surface area (Å²) in [5, 5.41) is 8.86. The molecule has 0 atom stereocenters. The summed E-state index contributed by atoms with van der Waals surface area (Å²) >= 11 is 0. The van der Waals surface area contributed by atoms with Crippen molar-refractivity contribution >= 4 is 5.97 Å². The molecule has 0 heterocycles. The Hall–Kier alpha value is -1.71. The van der Waals surface area contributed by atoms with E-state index in [0.717, 1.165) is 12.0 Å². The number of benzene rings is 1. The molecule has 0 bridgehead atoms. The second-order valence-corrected chi connectivity index (χ2v) is 7.29. The summed E-state index contributed by atoms with van der Waals surface area (Å²) < 4.78 is 11.1. The zero-order chi connectivity index (χ0) is 19.7. The minimum Gasteiger partial charge on any atom is -0.493 e. The molecule has 4 nitrogen and oxygen atoms in total. The summed E-state index contributed by atoms with van der Waals surface area (Å²) in [6.45, 7) is 2.94. The maximum Gasteiger partial charge on any atom is 0.307 e. The lowest BCUT2D eigenvalue weighted by Gasteiger charge is -2.11. The van der Waals surface area contributed by atoms with Crippen LogP contribution >= 0.6 is 0 Å². The maximum absolute atomic E-state index is 10.8. The molecule has 4 heteroatoms. The molecular weight excluding hydrogens is 340 g/mol. The first-order valence-corrected chi connectivity index (χ1v) is 10.7. The molecule has 0 fully saturated rings. The molecule has 1 rings (SSSR count). The molecule has 0 aromatic heterocycles. The second-order valence-electron chi connectivity index (χ2n) is 7.29. The summed E-state index contributed by atoms with van der Waals surface area (Å²) in [7, 11) is 1.58. The lowest BCUT2D eigenvalue weighted by atomic mass is 10.1. The van der Waals surface area contributed by atoms with Gasteiger partial charge in [-0.25, -0.2) is 0 Å². The van der Waals surface area contributed by atoms with Gasteiger partial charge in [0.15, 0.2) is 11.5 Å². The zero-order valence-electron chi connectivity index (χ0n) is 17.3. The molecule has 154 valence electrons. The van der Waals surface area contributed by atoms with E-state index in [0.29, 0.717) is 18.1 Å². The van der Waals surface area contributed by atoms with Crippen LogP contribution in [0.15, 0.2) is 18.2 Å². The molecule has 0 unspecified atom stereocenters. The lowest BCUT2D eigenvalue weighted by Crippen LogP contribution is -2.03. The molecule has 0 aliphatic heterocycles. The predicted molar refractivity (Wildman–Crippen MR) is 111 cm³/mol. The van der Waals surface area contributed by atoms with Gasteiger partial charge in [0.1, 0.15) is 0 Å². The molecular formula is C23H38O4. The summed E-state index contributed by atoms with van der Waals surface area (Å²) in [5.74, 6) is 0.449. The maximum atomic E-state index is 10.8. The highest BCUT2D eigenvalue weighted by Gasteiger charge is 2.08. The average molecular weight is 379 g/mol. The Morgan fingerprint density at radius 1 is 0.852 bits per heavy atom. The Labute approximate surface area is 165 Å². The van der Waals surface area contributed by atoms with Crippen LogP contribution in [0.2, 0.25) is 0 Å². The van der Waals surface area contributed by atoms with Crippen molar-refractivity contribution in [2.24, 2.45) is 0 Å². The van der Waals surface area contributed by atoms with Gasteiger partial charge in [0.25, 0.3) is 0 Å². The van der Waals surface area contributed by atoms with E-state index in [4.69, 9.17) is 14.6 Å². The van der Waals surface area contributed by atoms with Gasteiger partial charge < -0.3 is 14.6 Å². The Morgan fingerprint density at radius 3 is 1.93 bits per heavy atom. The van der Waals surface area contributed by atoms with Gasteiger partial charge in [0.05, 0.1) is 20.1 Å². The van der Waals surface area contributed by atoms with Gasteiger partial charge >= 0.3 is 5.97 Å². The standard InChI is InChI=1S/C23H38O4/c1-3-4-5-6-7-8-9-10-11-12-13-14-17-27-21-16-15-20(19-23(24)25)18-22(21)26-2/h15-16,18H,3-14,17,19H2,1-2H3,(H,24,25). The molecule has 0 saturated heterocycles. The SMILES string of the molecule is CCCCCCCCCCCCCCOc1ccc(CC(=O)O)cc1OC. The van der Waals surface area contributed by atoms with E-state index in [1.54, 1.807) is 25.3 Å². The smallest absolute Gasteiger partial charge is 0.307 e. The molecule has 1 aromatic rings. The second kappa shape index (κ2) is 15.4. The highest BCUT2D eigenvalue weighted by molar-refractivity contribution is 5.70. The van der Waals surface area contributed by atoms with Crippen molar-refractivity contribution in [1.29, 1.82) is 0 Å². The molecule has 27 heavy (non-hydrogen) atoms. The zero-order valence-corrected chi connectivity index (χ0v) is 17.3. The predicted octanol–water partition coefficient (Wildman–Crippen LogP) is 6.40.